The van der Waals surface area contributed by atoms with Crippen LogP contribution in [-0.2, 0) is 16.0 Å². The van der Waals surface area contributed by atoms with Crippen LogP contribution in [0.25, 0.3) is 0 Å². The van der Waals surface area contributed by atoms with Crippen LogP contribution in [0, 0.1) is 12.8 Å². The summed E-state index contributed by atoms with van der Waals surface area (Å²) < 4.78 is 5.80. The minimum Gasteiger partial charge on any atom is -0.377 e. The Bertz CT molecular complexity index is 492. The fourth-order valence-electron chi connectivity index (χ4n) is 2.96. The van der Waals surface area contributed by atoms with Crippen molar-refractivity contribution in [1.82, 2.24) is 10.3 Å². The third-order valence-corrected chi connectivity index (χ3v) is 5.31. The summed E-state index contributed by atoms with van der Waals surface area (Å²) in [5.74, 6) is 0.191. The topological polar surface area (TPSA) is 77.2 Å². The highest BCUT2D eigenvalue weighted by Crippen LogP contribution is 2.26. The largest absolute Gasteiger partial charge is 0.377 e. The highest BCUT2D eigenvalue weighted by atomic mass is 32.1. The number of nitrogens with two attached hydrogens (primary N) is 1. The van der Waals surface area contributed by atoms with Crippen molar-refractivity contribution in [3.63, 3.8) is 0 Å². The Kier molecular flexibility index (Phi) is 7.46. The van der Waals surface area contributed by atoms with Gasteiger partial charge in [0.2, 0.25) is 5.91 Å². The summed E-state index contributed by atoms with van der Waals surface area (Å²) in [6, 6.07) is 0.0683. The molecule has 5 nitrogen and oxygen atoms in total. The van der Waals surface area contributed by atoms with Crippen molar-refractivity contribution >= 4 is 17.2 Å². The number of rotatable bonds is 8. The quantitative estimate of drug-likeness (QED) is 0.713. The summed E-state index contributed by atoms with van der Waals surface area (Å²) in [4.78, 5) is 16.8. The molecule has 1 heterocycles. The van der Waals surface area contributed by atoms with Gasteiger partial charge in [-0.15, -0.1) is 11.3 Å². The van der Waals surface area contributed by atoms with Gasteiger partial charge in [0, 0.05) is 42.6 Å². The number of aryl methyl sites for hydroxylation is 2. The Morgan fingerprint density at radius 3 is 3.04 bits per heavy atom. The van der Waals surface area contributed by atoms with Gasteiger partial charge in [0.25, 0.3) is 0 Å². The molecule has 3 atom stereocenters. The van der Waals surface area contributed by atoms with Crippen LogP contribution < -0.4 is 11.1 Å². The van der Waals surface area contributed by atoms with Crippen LogP contribution in [0.1, 0.15) is 49.7 Å². The lowest BCUT2D eigenvalue weighted by Gasteiger charge is -2.33. The van der Waals surface area contributed by atoms with E-state index < -0.39 is 0 Å². The summed E-state index contributed by atoms with van der Waals surface area (Å²) in [5, 5.41) is 6.27. The standard InChI is InChI=1S/C17H29N3O2S/c1-3-9-22-15-10-13(6-7-14(15)18)17(21)19-8-4-5-16-20-12(2)11-23-16/h11,13-15H,3-10,18H2,1-2H3,(H,19,21)/t13-,14-,15-/m0/s1. The van der Waals surface area contributed by atoms with Crippen LogP contribution in [0.15, 0.2) is 5.38 Å². The molecule has 0 unspecified atom stereocenters. The van der Waals surface area contributed by atoms with E-state index in [0.717, 1.165) is 55.8 Å². The Balaban J connectivity index is 1.68. The third-order valence-electron chi connectivity index (χ3n) is 4.28. The Morgan fingerprint density at radius 1 is 1.52 bits per heavy atom. The number of hydrogen-bond acceptors (Lipinski definition) is 5. The molecule has 1 aromatic rings. The van der Waals surface area contributed by atoms with Crippen molar-refractivity contribution in [3.05, 3.63) is 16.1 Å². The molecule has 0 bridgehead atoms. The van der Waals surface area contributed by atoms with E-state index in [4.69, 9.17) is 10.5 Å². The number of nitrogens with zero attached hydrogens (tertiary/aromatic N) is 1. The van der Waals surface area contributed by atoms with Crippen molar-refractivity contribution < 1.29 is 9.53 Å². The average molecular weight is 340 g/mol. The molecule has 0 aliphatic heterocycles. The van der Waals surface area contributed by atoms with Crippen LogP contribution in [0.4, 0.5) is 0 Å². The van der Waals surface area contributed by atoms with Gasteiger partial charge in [-0.2, -0.15) is 0 Å². The smallest absolute Gasteiger partial charge is 0.223 e. The summed E-state index contributed by atoms with van der Waals surface area (Å²) in [6.07, 6.45) is 5.35. The second kappa shape index (κ2) is 9.35. The summed E-state index contributed by atoms with van der Waals surface area (Å²) >= 11 is 1.69. The molecule has 0 spiro atoms. The van der Waals surface area contributed by atoms with E-state index in [2.05, 4.69) is 22.6 Å². The number of amides is 1. The van der Waals surface area contributed by atoms with Gasteiger partial charge in [-0.05, 0) is 39.0 Å². The van der Waals surface area contributed by atoms with Crippen molar-refractivity contribution in [2.75, 3.05) is 13.2 Å². The lowest BCUT2D eigenvalue weighted by atomic mass is 9.83. The van der Waals surface area contributed by atoms with E-state index in [1.165, 1.54) is 0 Å². The molecule has 2 rings (SSSR count). The molecule has 1 aliphatic rings. The number of nitrogens with one attached hydrogen (secondary N) is 1. The zero-order valence-electron chi connectivity index (χ0n) is 14.2. The maximum atomic E-state index is 12.3. The highest BCUT2D eigenvalue weighted by Gasteiger charge is 2.32. The van der Waals surface area contributed by atoms with Crippen LogP contribution in [-0.4, -0.2) is 36.2 Å². The maximum Gasteiger partial charge on any atom is 0.223 e. The zero-order valence-corrected chi connectivity index (χ0v) is 15.0. The molecule has 0 saturated heterocycles. The molecule has 1 aliphatic carbocycles. The molecule has 6 heteroatoms. The number of hydrogen-bond donors (Lipinski definition) is 2. The molecule has 130 valence electrons. The first kappa shape index (κ1) is 18.4. The normalized spacial score (nSPS) is 24.6. The lowest BCUT2D eigenvalue weighted by molar-refractivity contribution is -0.128. The first-order valence-electron chi connectivity index (χ1n) is 8.66. The second-order valence-corrected chi connectivity index (χ2v) is 7.30. The molecular formula is C17H29N3O2S. The summed E-state index contributed by atoms with van der Waals surface area (Å²) in [7, 11) is 0. The van der Waals surface area contributed by atoms with Gasteiger partial charge in [0.1, 0.15) is 0 Å². The molecule has 0 aromatic carbocycles. The van der Waals surface area contributed by atoms with Gasteiger partial charge in [-0.25, -0.2) is 4.98 Å². The Hall–Kier alpha value is -0.980. The molecule has 1 amide bonds. The van der Waals surface area contributed by atoms with E-state index in [1.54, 1.807) is 11.3 Å². The summed E-state index contributed by atoms with van der Waals surface area (Å²) in [5.41, 5.74) is 7.18. The summed E-state index contributed by atoms with van der Waals surface area (Å²) in [6.45, 7) is 5.52. The van der Waals surface area contributed by atoms with Gasteiger partial charge in [0.15, 0.2) is 0 Å². The van der Waals surface area contributed by atoms with E-state index in [1.807, 2.05) is 6.92 Å². The van der Waals surface area contributed by atoms with Crippen LogP contribution in [0.5, 0.6) is 0 Å². The van der Waals surface area contributed by atoms with Gasteiger partial charge in [-0.3, -0.25) is 4.79 Å². The van der Waals surface area contributed by atoms with E-state index in [0.29, 0.717) is 6.54 Å². The average Bonchev–Trinajstić information content (AvgIpc) is 2.96. The monoisotopic (exact) mass is 339 g/mol. The molecule has 3 N–H and O–H groups in total. The highest BCUT2D eigenvalue weighted by molar-refractivity contribution is 7.09. The fourth-order valence-corrected chi connectivity index (χ4v) is 3.78. The van der Waals surface area contributed by atoms with Crippen LogP contribution in [0.3, 0.4) is 0 Å². The number of thiazole rings is 1. The lowest BCUT2D eigenvalue weighted by Crippen LogP contribution is -2.46. The van der Waals surface area contributed by atoms with E-state index in [-0.39, 0.29) is 24.0 Å². The predicted molar refractivity (Wildman–Crippen MR) is 93.5 cm³/mol. The number of ether oxygens (including phenoxy) is 1. The second-order valence-electron chi connectivity index (χ2n) is 6.36. The SMILES string of the molecule is CCCO[C@H]1C[C@@H](C(=O)NCCCc2nc(C)cs2)CC[C@@H]1N. The zero-order chi connectivity index (χ0) is 16.7. The predicted octanol–water partition coefficient (Wildman–Crippen LogP) is 2.42. The first-order valence-corrected chi connectivity index (χ1v) is 9.54. The third kappa shape index (κ3) is 5.86. The maximum absolute atomic E-state index is 12.3. The van der Waals surface area contributed by atoms with Crippen LogP contribution in [0.2, 0.25) is 0 Å². The Morgan fingerprint density at radius 2 is 2.35 bits per heavy atom. The number of aromatic nitrogens is 1. The minimum absolute atomic E-state index is 0.0257. The molecular weight excluding hydrogens is 310 g/mol. The molecule has 23 heavy (non-hydrogen) atoms. The van der Waals surface area contributed by atoms with Gasteiger partial charge in [0.05, 0.1) is 11.1 Å². The number of carbonyl (C=O) groups excluding carboxylic acids is 1. The van der Waals surface area contributed by atoms with Crippen molar-refractivity contribution in [1.29, 1.82) is 0 Å². The fraction of sp³-hybridized carbons (Fsp3) is 0.765. The molecule has 1 saturated carbocycles. The van der Waals surface area contributed by atoms with Crippen LogP contribution >= 0.6 is 11.3 Å². The minimum atomic E-state index is 0.0257. The van der Waals surface area contributed by atoms with Crippen molar-refractivity contribution in [2.45, 2.75) is 64.5 Å². The Labute approximate surface area is 143 Å². The molecule has 1 aromatic heterocycles. The molecule has 0 radical (unpaired) electrons. The molecule has 1 fully saturated rings. The van der Waals surface area contributed by atoms with Crippen molar-refractivity contribution in [3.8, 4) is 0 Å². The van der Waals surface area contributed by atoms with Gasteiger partial charge in [-0.1, -0.05) is 6.92 Å². The first-order chi connectivity index (χ1) is 11.1. The van der Waals surface area contributed by atoms with E-state index >= 15 is 0 Å². The van der Waals surface area contributed by atoms with E-state index in [9.17, 15) is 4.79 Å². The van der Waals surface area contributed by atoms with Gasteiger partial charge < -0.3 is 15.8 Å². The van der Waals surface area contributed by atoms with Crippen molar-refractivity contribution in [2.24, 2.45) is 11.7 Å². The number of carbonyl (C=O) groups is 1. The van der Waals surface area contributed by atoms with Gasteiger partial charge >= 0.3 is 0 Å².